The smallest absolute Gasteiger partial charge is 0.251 e. The second kappa shape index (κ2) is 7.01. The molecule has 0 bridgehead atoms. The van der Waals surface area contributed by atoms with Crippen LogP contribution in [-0.4, -0.2) is 26.2 Å². The molecule has 24 heavy (non-hydrogen) atoms. The summed E-state index contributed by atoms with van der Waals surface area (Å²) in [5.41, 5.74) is 1.30. The molecule has 0 spiro atoms. The van der Waals surface area contributed by atoms with Gasteiger partial charge in [-0.25, -0.2) is 0 Å². The molecule has 1 heterocycles. The maximum atomic E-state index is 12.4. The zero-order valence-corrected chi connectivity index (χ0v) is 14.2. The van der Waals surface area contributed by atoms with Crippen molar-refractivity contribution in [2.24, 2.45) is 0 Å². The van der Waals surface area contributed by atoms with E-state index in [0.29, 0.717) is 41.0 Å². The average Bonchev–Trinajstić information content (AvgIpc) is 2.61. The first-order valence-corrected chi connectivity index (χ1v) is 8.00. The predicted molar refractivity (Wildman–Crippen MR) is 91.3 cm³/mol. The van der Waals surface area contributed by atoms with Gasteiger partial charge < -0.3 is 19.5 Å². The predicted octanol–water partition coefficient (Wildman–Crippen LogP) is 3.61. The van der Waals surface area contributed by atoms with Crippen LogP contribution in [-0.2, 0) is 0 Å². The van der Waals surface area contributed by atoms with Gasteiger partial charge in [0.1, 0.15) is 19.0 Å². The Morgan fingerprint density at radius 3 is 2.62 bits per heavy atom. The number of benzene rings is 2. The first kappa shape index (κ1) is 16.5. The van der Waals surface area contributed by atoms with E-state index in [2.05, 4.69) is 5.32 Å². The number of methoxy groups -OCH3 is 1. The number of carbonyl (C=O) groups is 1. The van der Waals surface area contributed by atoms with Gasteiger partial charge in [0, 0.05) is 16.7 Å². The third-order valence-electron chi connectivity index (χ3n) is 3.81. The van der Waals surface area contributed by atoms with E-state index in [-0.39, 0.29) is 11.9 Å². The lowest BCUT2D eigenvalue weighted by atomic mass is 10.1. The van der Waals surface area contributed by atoms with Gasteiger partial charge in [-0.1, -0.05) is 17.7 Å². The van der Waals surface area contributed by atoms with Gasteiger partial charge in [-0.3, -0.25) is 4.79 Å². The highest BCUT2D eigenvalue weighted by molar-refractivity contribution is 6.31. The van der Waals surface area contributed by atoms with Crippen LogP contribution >= 0.6 is 11.6 Å². The Morgan fingerprint density at radius 2 is 1.92 bits per heavy atom. The summed E-state index contributed by atoms with van der Waals surface area (Å²) in [6.07, 6.45) is 0. The Kier molecular flexibility index (Phi) is 4.81. The normalized spacial score (nSPS) is 14.0. The molecule has 0 radical (unpaired) electrons. The summed E-state index contributed by atoms with van der Waals surface area (Å²) in [4.78, 5) is 12.4. The maximum absolute atomic E-state index is 12.4. The van der Waals surface area contributed by atoms with Gasteiger partial charge in [-0.15, -0.1) is 0 Å². The van der Waals surface area contributed by atoms with Gasteiger partial charge in [0.2, 0.25) is 0 Å². The van der Waals surface area contributed by atoms with E-state index in [1.165, 1.54) is 0 Å². The van der Waals surface area contributed by atoms with Crippen LogP contribution < -0.4 is 19.5 Å². The third-order valence-corrected chi connectivity index (χ3v) is 4.13. The number of amides is 1. The number of nitrogens with one attached hydrogen (secondary N) is 1. The zero-order chi connectivity index (χ0) is 17.1. The van der Waals surface area contributed by atoms with Gasteiger partial charge in [0.15, 0.2) is 11.5 Å². The molecule has 0 saturated heterocycles. The fourth-order valence-electron chi connectivity index (χ4n) is 2.53. The number of hydrogen-bond acceptors (Lipinski definition) is 4. The van der Waals surface area contributed by atoms with Gasteiger partial charge >= 0.3 is 0 Å². The standard InChI is InChI=1S/C18H18ClNO4/c1-11(20-18(21)12-4-3-5-13(8-12)22-2)14-9-16-17(10-15(14)19)24-7-6-23-16/h3-5,8-11H,6-7H2,1-2H3,(H,20,21)/t11-/m0/s1. The molecule has 5 nitrogen and oxygen atoms in total. The van der Waals surface area contributed by atoms with Crippen molar-refractivity contribution in [2.75, 3.05) is 20.3 Å². The Hall–Kier alpha value is -2.40. The minimum atomic E-state index is -0.285. The lowest BCUT2D eigenvalue weighted by Crippen LogP contribution is -2.27. The van der Waals surface area contributed by atoms with Crippen molar-refractivity contribution in [1.82, 2.24) is 5.32 Å². The summed E-state index contributed by atoms with van der Waals surface area (Å²) in [5, 5.41) is 3.46. The average molecular weight is 348 g/mol. The molecule has 6 heteroatoms. The van der Waals surface area contributed by atoms with E-state index in [1.807, 2.05) is 13.0 Å². The second-order valence-corrected chi connectivity index (χ2v) is 5.85. The SMILES string of the molecule is COc1cccc(C(=O)N[C@@H](C)c2cc3c(cc2Cl)OCCO3)c1. The first-order chi connectivity index (χ1) is 11.6. The van der Waals surface area contributed by atoms with Crippen molar-refractivity contribution in [2.45, 2.75) is 13.0 Å². The number of ether oxygens (including phenoxy) is 3. The van der Waals surface area contributed by atoms with Crippen LogP contribution in [0, 0.1) is 0 Å². The highest BCUT2D eigenvalue weighted by Gasteiger charge is 2.20. The van der Waals surface area contributed by atoms with Crippen LogP contribution in [0.3, 0.4) is 0 Å². The molecule has 2 aromatic rings. The van der Waals surface area contributed by atoms with E-state index < -0.39 is 0 Å². The van der Waals surface area contributed by atoms with Crippen LogP contribution in [0.25, 0.3) is 0 Å². The molecular weight excluding hydrogens is 330 g/mol. The van der Waals surface area contributed by atoms with Crippen LogP contribution in [0.1, 0.15) is 28.9 Å². The Morgan fingerprint density at radius 1 is 1.21 bits per heavy atom. The van der Waals surface area contributed by atoms with E-state index in [0.717, 1.165) is 5.56 Å². The molecule has 1 N–H and O–H groups in total. The van der Waals surface area contributed by atoms with Crippen LogP contribution in [0.15, 0.2) is 36.4 Å². The summed E-state index contributed by atoms with van der Waals surface area (Å²) in [6, 6.07) is 10.2. The fraction of sp³-hybridized carbons (Fsp3) is 0.278. The van der Waals surface area contributed by atoms with Crippen LogP contribution in [0.5, 0.6) is 17.2 Å². The van der Waals surface area contributed by atoms with Crippen LogP contribution in [0.4, 0.5) is 0 Å². The molecular formula is C18H18ClNO4. The third kappa shape index (κ3) is 3.41. The van der Waals surface area contributed by atoms with Crippen LogP contribution in [0.2, 0.25) is 5.02 Å². The fourth-order valence-corrected chi connectivity index (χ4v) is 2.85. The van der Waals surface area contributed by atoms with E-state index in [9.17, 15) is 4.79 Å². The Bertz CT molecular complexity index is 763. The molecule has 0 aliphatic carbocycles. The van der Waals surface area contributed by atoms with Crippen molar-refractivity contribution in [3.8, 4) is 17.2 Å². The van der Waals surface area contributed by atoms with Crippen molar-refractivity contribution in [3.05, 3.63) is 52.5 Å². The zero-order valence-electron chi connectivity index (χ0n) is 13.5. The van der Waals surface area contributed by atoms with Gasteiger partial charge in [-0.2, -0.15) is 0 Å². The monoisotopic (exact) mass is 347 g/mol. The number of fused-ring (bicyclic) bond motifs is 1. The number of carbonyl (C=O) groups excluding carboxylic acids is 1. The number of rotatable bonds is 4. The van der Waals surface area contributed by atoms with Crippen molar-refractivity contribution < 1.29 is 19.0 Å². The minimum absolute atomic E-state index is 0.202. The van der Waals surface area contributed by atoms with Crippen molar-refractivity contribution in [3.63, 3.8) is 0 Å². The molecule has 126 valence electrons. The van der Waals surface area contributed by atoms with Gasteiger partial charge in [0.25, 0.3) is 5.91 Å². The molecule has 0 unspecified atom stereocenters. The summed E-state index contributed by atoms with van der Waals surface area (Å²) in [7, 11) is 1.56. The quantitative estimate of drug-likeness (QED) is 0.918. The lowest BCUT2D eigenvalue weighted by Gasteiger charge is -2.22. The topological polar surface area (TPSA) is 56.8 Å². The van der Waals surface area contributed by atoms with E-state index >= 15 is 0 Å². The Labute approximate surface area is 145 Å². The molecule has 1 amide bonds. The summed E-state index contributed by atoms with van der Waals surface area (Å²) in [6.45, 7) is 2.87. The summed E-state index contributed by atoms with van der Waals surface area (Å²) >= 11 is 6.33. The summed E-state index contributed by atoms with van der Waals surface area (Å²) < 4.78 is 16.2. The molecule has 1 atom stereocenters. The first-order valence-electron chi connectivity index (χ1n) is 7.62. The molecule has 1 aliphatic heterocycles. The largest absolute Gasteiger partial charge is 0.497 e. The molecule has 3 rings (SSSR count). The van der Waals surface area contributed by atoms with E-state index in [1.54, 1.807) is 37.4 Å². The number of hydrogen-bond donors (Lipinski definition) is 1. The molecule has 0 fully saturated rings. The minimum Gasteiger partial charge on any atom is -0.497 e. The highest BCUT2D eigenvalue weighted by Crippen LogP contribution is 2.37. The molecule has 1 aliphatic rings. The number of halogens is 1. The maximum Gasteiger partial charge on any atom is 0.251 e. The molecule has 0 aromatic heterocycles. The van der Waals surface area contributed by atoms with Crippen molar-refractivity contribution in [1.29, 1.82) is 0 Å². The highest BCUT2D eigenvalue weighted by atomic mass is 35.5. The van der Waals surface area contributed by atoms with Gasteiger partial charge in [-0.05, 0) is 36.8 Å². The second-order valence-electron chi connectivity index (χ2n) is 5.44. The molecule has 2 aromatic carbocycles. The van der Waals surface area contributed by atoms with E-state index in [4.69, 9.17) is 25.8 Å². The summed E-state index contributed by atoms with van der Waals surface area (Å²) in [5.74, 6) is 1.70. The lowest BCUT2D eigenvalue weighted by molar-refractivity contribution is 0.0939. The Balaban J connectivity index is 1.79. The van der Waals surface area contributed by atoms with Gasteiger partial charge in [0.05, 0.1) is 13.2 Å². The molecule has 0 saturated carbocycles. The van der Waals surface area contributed by atoms with Crippen molar-refractivity contribution >= 4 is 17.5 Å².